The summed E-state index contributed by atoms with van der Waals surface area (Å²) in [6.07, 6.45) is 49.7. The molecule has 0 aromatic rings. The molecule has 326 valence electrons. The van der Waals surface area contributed by atoms with Gasteiger partial charge < -0.3 is 18.9 Å². The largest absolute Gasteiger partial charge is 0.472 e. The average molecular weight is 809 g/mol. The number of nitrogens with zero attached hydrogens (tertiary/aromatic N) is 1. The van der Waals surface area contributed by atoms with E-state index in [1.54, 1.807) is 0 Å². The summed E-state index contributed by atoms with van der Waals surface area (Å²) in [5.41, 5.74) is 0. The van der Waals surface area contributed by atoms with E-state index in [4.69, 9.17) is 18.5 Å². The second-order valence-corrected chi connectivity index (χ2v) is 17.5. The Kier molecular flexibility index (Phi) is 38.7. The molecule has 0 saturated carbocycles. The summed E-state index contributed by atoms with van der Waals surface area (Å²) in [4.78, 5) is 22.9. The number of unbranched alkanes of at least 4 members (excludes halogenated alkanes) is 17. The highest BCUT2D eigenvalue weighted by Crippen LogP contribution is 2.43. The number of phosphoric ester groups is 1. The molecule has 0 heterocycles. The third-order valence-corrected chi connectivity index (χ3v) is 10.3. The molecule has 0 aromatic carbocycles. The molecule has 8 nitrogen and oxygen atoms in total. The summed E-state index contributed by atoms with van der Waals surface area (Å²) in [5.74, 6) is -0.323. The van der Waals surface area contributed by atoms with Crippen LogP contribution in [0.2, 0.25) is 0 Å². The molecule has 56 heavy (non-hydrogen) atoms. The molecule has 0 aliphatic rings. The summed E-state index contributed by atoms with van der Waals surface area (Å²) < 4.78 is 34.9. The van der Waals surface area contributed by atoms with Crippen LogP contribution < -0.4 is 0 Å². The van der Waals surface area contributed by atoms with Gasteiger partial charge >= 0.3 is 13.8 Å². The van der Waals surface area contributed by atoms with Gasteiger partial charge in [-0.1, -0.05) is 171 Å². The van der Waals surface area contributed by atoms with Crippen LogP contribution in [0.1, 0.15) is 174 Å². The zero-order chi connectivity index (χ0) is 41.3. The molecule has 0 rings (SSSR count). The van der Waals surface area contributed by atoms with Gasteiger partial charge in [-0.25, -0.2) is 4.57 Å². The van der Waals surface area contributed by atoms with Gasteiger partial charge in [0.2, 0.25) is 0 Å². The smallest absolute Gasteiger partial charge is 0.457 e. The Morgan fingerprint density at radius 2 is 1.04 bits per heavy atom. The maximum atomic E-state index is 12.7. The summed E-state index contributed by atoms with van der Waals surface area (Å²) in [5, 5.41) is 0. The molecule has 1 N–H and O–H groups in total. The predicted octanol–water partition coefficient (Wildman–Crippen LogP) is 13.3. The van der Waals surface area contributed by atoms with Gasteiger partial charge in [0.15, 0.2) is 0 Å². The fourth-order valence-corrected chi connectivity index (χ4v) is 6.61. The van der Waals surface area contributed by atoms with E-state index in [-0.39, 0.29) is 25.8 Å². The molecule has 0 spiro atoms. The lowest BCUT2D eigenvalue weighted by Gasteiger charge is -2.24. The Balaban J connectivity index is 4.11. The standard InChI is InChI=1S/C47H86NO7P/c1-6-8-10-12-14-16-17-18-19-20-21-22-23-24-25-26-27-28-29-30-31-32-34-36-38-40-47(49)55-46(45-54-56(50,51)53-43-41-48(3,4)5)44-52-42-39-37-35-33-15-13-11-9-7-2/h8,10,14,16,18-19,21-22,24-25,46H,6-7,9,11-13,15,17,20,23,26-45H2,1-5H3/p+1/b10-8-,16-14-,19-18-,22-21-,25-24-. The normalized spacial score (nSPS) is 14.3. The molecule has 9 heteroatoms. The van der Waals surface area contributed by atoms with Gasteiger partial charge in [0.05, 0.1) is 34.4 Å². The zero-order valence-electron chi connectivity index (χ0n) is 36.9. The van der Waals surface area contributed by atoms with Crippen molar-refractivity contribution < 1.29 is 37.3 Å². The Labute approximate surface area is 345 Å². The number of hydrogen-bond donors (Lipinski definition) is 1. The molecule has 0 amide bonds. The van der Waals surface area contributed by atoms with Crippen molar-refractivity contribution >= 4 is 13.8 Å². The number of allylic oxidation sites excluding steroid dienone is 10. The molecule has 0 saturated heterocycles. The highest BCUT2D eigenvalue weighted by molar-refractivity contribution is 7.47. The number of ether oxygens (including phenoxy) is 2. The molecule has 0 radical (unpaired) electrons. The minimum absolute atomic E-state index is 0.0860. The van der Waals surface area contributed by atoms with Crippen LogP contribution in [-0.2, 0) is 27.9 Å². The van der Waals surface area contributed by atoms with E-state index in [0.29, 0.717) is 24.1 Å². The van der Waals surface area contributed by atoms with Crippen LogP contribution in [-0.4, -0.2) is 75.6 Å². The molecule has 0 fully saturated rings. The van der Waals surface area contributed by atoms with Crippen molar-refractivity contribution in [1.29, 1.82) is 0 Å². The molecular formula is C47H87NO7P+. The first-order valence-corrected chi connectivity index (χ1v) is 24.0. The van der Waals surface area contributed by atoms with Crippen molar-refractivity contribution in [2.24, 2.45) is 0 Å². The fraction of sp³-hybridized carbons (Fsp3) is 0.766. The van der Waals surface area contributed by atoms with Gasteiger partial charge in [-0.2, -0.15) is 0 Å². The van der Waals surface area contributed by atoms with Crippen LogP contribution in [0.15, 0.2) is 60.8 Å². The van der Waals surface area contributed by atoms with Crippen molar-refractivity contribution in [2.75, 3.05) is 54.1 Å². The van der Waals surface area contributed by atoms with E-state index in [9.17, 15) is 14.3 Å². The number of likely N-dealkylation sites (N-methyl/N-ethyl adjacent to an activating group) is 1. The van der Waals surface area contributed by atoms with E-state index in [0.717, 1.165) is 70.6 Å². The lowest BCUT2D eigenvalue weighted by atomic mass is 10.1. The van der Waals surface area contributed by atoms with E-state index in [1.165, 1.54) is 83.5 Å². The molecule has 0 aromatic heterocycles. The number of rotatable bonds is 41. The third-order valence-electron chi connectivity index (χ3n) is 9.34. The minimum atomic E-state index is -4.27. The van der Waals surface area contributed by atoms with Crippen molar-refractivity contribution in [2.45, 2.75) is 180 Å². The Morgan fingerprint density at radius 3 is 1.55 bits per heavy atom. The zero-order valence-corrected chi connectivity index (χ0v) is 37.7. The summed E-state index contributed by atoms with van der Waals surface area (Å²) in [7, 11) is 1.66. The lowest BCUT2D eigenvalue weighted by Crippen LogP contribution is -2.37. The van der Waals surface area contributed by atoms with E-state index < -0.39 is 13.9 Å². The number of phosphoric acid groups is 1. The monoisotopic (exact) mass is 809 g/mol. The number of esters is 1. The Bertz CT molecular complexity index is 1080. The summed E-state index contributed by atoms with van der Waals surface area (Å²) in [6, 6.07) is 0. The van der Waals surface area contributed by atoms with E-state index >= 15 is 0 Å². The summed E-state index contributed by atoms with van der Waals surface area (Å²) >= 11 is 0. The lowest BCUT2D eigenvalue weighted by molar-refractivity contribution is -0.870. The van der Waals surface area contributed by atoms with E-state index in [1.807, 2.05) is 21.1 Å². The van der Waals surface area contributed by atoms with Crippen LogP contribution >= 0.6 is 7.82 Å². The molecule has 2 unspecified atom stereocenters. The highest BCUT2D eigenvalue weighted by atomic mass is 31.2. The molecular weight excluding hydrogens is 721 g/mol. The van der Waals surface area contributed by atoms with Gasteiger partial charge in [0, 0.05) is 13.0 Å². The first-order valence-electron chi connectivity index (χ1n) is 22.5. The molecule has 0 aliphatic carbocycles. The quantitative estimate of drug-likeness (QED) is 0.0216. The van der Waals surface area contributed by atoms with E-state index in [2.05, 4.69) is 74.6 Å². The Morgan fingerprint density at radius 1 is 0.571 bits per heavy atom. The summed E-state index contributed by atoms with van der Waals surface area (Å²) in [6.45, 7) is 5.48. The van der Waals surface area contributed by atoms with Crippen LogP contribution in [0, 0.1) is 0 Å². The second kappa shape index (κ2) is 40.0. The van der Waals surface area contributed by atoms with Crippen LogP contribution in [0.3, 0.4) is 0 Å². The maximum absolute atomic E-state index is 12.7. The van der Waals surface area contributed by atoms with Gasteiger partial charge in [0.1, 0.15) is 19.3 Å². The minimum Gasteiger partial charge on any atom is -0.457 e. The predicted molar refractivity (Wildman–Crippen MR) is 238 cm³/mol. The molecule has 0 bridgehead atoms. The fourth-order valence-electron chi connectivity index (χ4n) is 5.87. The van der Waals surface area contributed by atoms with Gasteiger partial charge in [-0.3, -0.25) is 13.8 Å². The van der Waals surface area contributed by atoms with Crippen LogP contribution in [0.25, 0.3) is 0 Å². The van der Waals surface area contributed by atoms with Gasteiger partial charge in [0.25, 0.3) is 0 Å². The number of carbonyl (C=O) groups excluding carboxylic acids is 1. The van der Waals surface area contributed by atoms with Crippen molar-refractivity contribution in [1.82, 2.24) is 0 Å². The highest BCUT2D eigenvalue weighted by Gasteiger charge is 2.26. The van der Waals surface area contributed by atoms with Crippen LogP contribution in [0.4, 0.5) is 0 Å². The average Bonchev–Trinajstić information content (AvgIpc) is 3.15. The maximum Gasteiger partial charge on any atom is 0.472 e. The third kappa shape index (κ3) is 43.3. The number of hydrogen-bond acceptors (Lipinski definition) is 6. The van der Waals surface area contributed by atoms with Crippen LogP contribution in [0.5, 0.6) is 0 Å². The molecule has 2 atom stereocenters. The SMILES string of the molecule is CC/C=C\C/C=C\C/C=C\C/C=C\C/C=C\CCCCCCCCCCCC(=O)OC(COCCCCCCCCCCC)COP(=O)(O)OCC[N+](C)(C)C. The first-order chi connectivity index (χ1) is 27.1. The number of carbonyl (C=O) groups is 1. The van der Waals surface area contributed by atoms with Crippen molar-refractivity contribution in [3.63, 3.8) is 0 Å². The van der Waals surface area contributed by atoms with Crippen molar-refractivity contribution in [3.8, 4) is 0 Å². The second-order valence-electron chi connectivity index (χ2n) is 16.1. The molecule has 0 aliphatic heterocycles. The Hall–Kier alpha value is -1.80. The first kappa shape index (κ1) is 54.2. The topological polar surface area (TPSA) is 91.3 Å². The van der Waals surface area contributed by atoms with Gasteiger partial charge in [-0.05, 0) is 57.8 Å². The van der Waals surface area contributed by atoms with Gasteiger partial charge in [-0.15, -0.1) is 0 Å². The van der Waals surface area contributed by atoms with Crippen molar-refractivity contribution in [3.05, 3.63) is 60.8 Å². The number of quaternary nitrogens is 1.